The van der Waals surface area contributed by atoms with Crippen molar-refractivity contribution in [2.24, 2.45) is 38.9 Å². The summed E-state index contributed by atoms with van der Waals surface area (Å²) >= 11 is 0. The molecule has 8 heteroatoms. The van der Waals surface area contributed by atoms with Crippen LogP contribution in [0.15, 0.2) is 23.0 Å². The molecule has 0 spiro atoms. The van der Waals surface area contributed by atoms with Crippen LogP contribution in [0.25, 0.3) is 0 Å². The molecule has 0 bridgehead atoms. The summed E-state index contributed by atoms with van der Waals surface area (Å²) in [6.07, 6.45) is 4.68. The summed E-state index contributed by atoms with van der Waals surface area (Å²) in [5.41, 5.74) is -4.50. The summed E-state index contributed by atoms with van der Waals surface area (Å²) < 4.78 is 16.9. The summed E-state index contributed by atoms with van der Waals surface area (Å²) in [6.45, 7) is 13.8. The zero-order valence-corrected chi connectivity index (χ0v) is 24.0. The highest BCUT2D eigenvalue weighted by Gasteiger charge is 2.81. The summed E-state index contributed by atoms with van der Waals surface area (Å²) in [4.78, 5) is 65.7. The lowest BCUT2D eigenvalue weighted by molar-refractivity contribution is -0.218. The number of rotatable bonds is 4. The molecule has 0 amide bonds. The Labute approximate surface area is 224 Å². The van der Waals surface area contributed by atoms with Gasteiger partial charge in [-0.2, -0.15) is 0 Å². The second kappa shape index (κ2) is 8.62. The first-order valence-corrected chi connectivity index (χ1v) is 13.4. The number of ketones is 1. The molecule has 4 aliphatic rings. The smallest absolute Gasteiger partial charge is 0.321 e. The van der Waals surface area contributed by atoms with E-state index in [9.17, 15) is 24.0 Å². The maximum absolute atomic E-state index is 14.1. The summed E-state index contributed by atoms with van der Waals surface area (Å²) in [6, 6.07) is 0. The van der Waals surface area contributed by atoms with E-state index in [0.29, 0.717) is 31.3 Å². The van der Waals surface area contributed by atoms with Crippen molar-refractivity contribution in [1.82, 2.24) is 0 Å². The van der Waals surface area contributed by atoms with E-state index >= 15 is 0 Å². The SMILES string of the molecule is COC(=O)[C@@]12C(OC(C)=O)=C(C)C(=O)[C@]1(C)C(C)=C[C@@H]1[C@]3(C=O)CC[C@H](OC(C)=O)C(C)(C)[C@@H]3CC[C@@]12C. The first kappa shape index (κ1) is 28.2. The number of fused-ring (bicyclic) bond motifs is 5. The van der Waals surface area contributed by atoms with E-state index in [2.05, 4.69) is 0 Å². The van der Waals surface area contributed by atoms with Crippen molar-refractivity contribution in [1.29, 1.82) is 0 Å². The van der Waals surface area contributed by atoms with Crippen LogP contribution in [0.5, 0.6) is 0 Å². The molecule has 2 saturated carbocycles. The standard InChI is InChI=1S/C30H40O8/c1-16-14-21-27(7,12-10-20-26(5,6)22(37-18(3)32)11-13-29(20,21)15-31)30(25(35)36-9)24(38-19(4)33)17(2)23(34)28(16,30)8/h14-15,20-22H,10-13H2,1-9H3/t20-,21-,22-,27-,28-,29-,30+/m0/s1. The number of carbonyl (C=O) groups excluding carboxylic acids is 5. The minimum absolute atomic E-state index is 0.0386. The third-order valence-electron chi connectivity index (χ3n) is 11.0. The number of aldehydes is 1. The summed E-state index contributed by atoms with van der Waals surface area (Å²) in [5, 5.41) is 0. The van der Waals surface area contributed by atoms with E-state index in [1.807, 2.05) is 33.8 Å². The van der Waals surface area contributed by atoms with Gasteiger partial charge < -0.3 is 19.0 Å². The lowest BCUT2D eigenvalue weighted by atomic mass is 9.33. The van der Waals surface area contributed by atoms with Crippen molar-refractivity contribution in [3.05, 3.63) is 23.0 Å². The second-order valence-electron chi connectivity index (χ2n) is 12.8. The van der Waals surface area contributed by atoms with Gasteiger partial charge in [-0.25, -0.2) is 0 Å². The average molecular weight is 529 g/mol. The van der Waals surface area contributed by atoms with Crippen LogP contribution in [0.4, 0.5) is 0 Å². The van der Waals surface area contributed by atoms with Gasteiger partial charge in [0, 0.05) is 30.3 Å². The number of esters is 3. The van der Waals surface area contributed by atoms with Gasteiger partial charge in [0.05, 0.1) is 12.5 Å². The van der Waals surface area contributed by atoms with Crippen molar-refractivity contribution < 1.29 is 38.2 Å². The molecular weight excluding hydrogens is 488 g/mol. The third kappa shape index (κ3) is 3.06. The molecule has 2 fully saturated rings. The number of hydrogen-bond donors (Lipinski definition) is 0. The molecule has 208 valence electrons. The number of carbonyl (C=O) groups is 5. The largest absolute Gasteiger partial charge is 0.468 e. The fraction of sp³-hybridized carbons (Fsp3) is 0.700. The predicted molar refractivity (Wildman–Crippen MR) is 137 cm³/mol. The van der Waals surface area contributed by atoms with Crippen LogP contribution in [-0.2, 0) is 38.2 Å². The van der Waals surface area contributed by atoms with E-state index in [-0.39, 0.29) is 35.1 Å². The minimum atomic E-state index is -1.64. The Morgan fingerprint density at radius 3 is 2.16 bits per heavy atom. The minimum Gasteiger partial charge on any atom is -0.468 e. The molecule has 0 aromatic carbocycles. The summed E-state index contributed by atoms with van der Waals surface area (Å²) in [5.74, 6) is -2.48. The van der Waals surface area contributed by atoms with Gasteiger partial charge in [-0.1, -0.05) is 32.4 Å². The molecule has 0 unspecified atom stereocenters. The average Bonchev–Trinajstić information content (AvgIpc) is 3.01. The van der Waals surface area contributed by atoms with Gasteiger partial charge in [0.25, 0.3) is 0 Å². The van der Waals surface area contributed by atoms with Gasteiger partial charge in [-0.15, -0.1) is 0 Å². The van der Waals surface area contributed by atoms with E-state index in [4.69, 9.17) is 14.2 Å². The van der Waals surface area contributed by atoms with Crippen molar-refractivity contribution in [2.45, 2.75) is 87.2 Å². The molecule has 8 nitrogen and oxygen atoms in total. The first-order chi connectivity index (χ1) is 17.5. The van der Waals surface area contributed by atoms with Gasteiger partial charge in [-0.3, -0.25) is 19.2 Å². The Bertz CT molecular complexity index is 1190. The highest BCUT2D eigenvalue weighted by atomic mass is 16.6. The van der Waals surface area contributed by atoms with Crippen LogP contribution in [0.2, 0.25) is 0 Å². The van der Waals surface area contributed by atoms with Gasteiger partial charge in [0.1, 0.15) is 23.6 Å². The maximum atomic E-state index is 14.1. The van der Waals surface area contributed by atoms with Crippen LogP contribution >= 0.6 is 0 Å². The van der Waals surface area contributed by atoms with E-state index < -0.39 is 44.9 Å². The first-order valence-electron chi connectivity index (χ1n) is 13.4. The number of methoxy groups -OCH3 is 1. The van der Waals surface area contributed by atoms with Crippen LogP contribution in [0.3, 0.4) is 0 Å². The molecule has 4 rings (SSSR count). The molecular formula is C30H40O8. The quantitative estimate of drug-likeness (QED) is 0.227. The van der Waals surface area contributed by atoms with E-state index in [1.165, 1.54) is 21.0 Å². The molecule has 0 aliphatic heterocycles. The zero-order chi connectivity index (χ0) is 28.6. The molecule has 4 aliphatic carbocycles. The number of hydrogen-bond acceptors (Lipinski definition) is 8. The summed E-state index contributed by atoms with van der Waals surface area (Å²) in [7, 11) is 1.28. The predicted octanol–water partition coefficient (Wildman–Crippen LogP) is 4.50. The van der Waals surface area contributed by atoms with Crippen LogP contribution < -0.4 is 0 Å². The Morgan fingerprint density at radius 1 is 1.00 bits per heavy atom. The topological polar surface area (TPSA) is 113 Å². The van der Waals surface area contributed by atoms with Crippen LogP contribution in [0, 0.1) is 38.9 Å². The van der Waals surface area contributed by atoms with Crippen molar-refractivity contribution in [3.63, 3.8) is 0 Å². The highest BCUT2D eigenvalue weighted by Crippen LogP contribution is 2.77. The van der Waals surface area contributed by atoms with Gasteiger partial charge in [0.15, 0.2) is 5.78 Å². The van der Waals surface area contributed by atoms with Crippen molar-refractivity contribution in [2.75, 3.05) is 7.11 Å². The van der Waals surface area contributed by atoms with Gasteiger partial charge >= 0.3 is 17.9 Å². The maximum Gasteiger partial charge on any atom is 0.321 e. The molecule has 0 heterocycles. The normalized spacial score (nSPS) is 41.2. The Morgan fingerprint density at radius 2 is 1.63 bits per heavy atom. The number of Topliss-reactive ketones (excluding diaryl/α,β-unsaturated/α-hetero) is 1. The van der Waals surface area contributed by atoms with Crippen molar-refractivity contribution >= 4 is 30.0 Å². The molecule has 38 heavy (non-hydrogen) atoms. The fourth-order valence-corrected chi connectivity index (χ4v) is 9.29. The lowest BCUT2D eigenvalue weighted by Crippen LogP contribution is -2.70. The molecule has 0 aromatic rings. The fourth-order valence-electron chi connectivity index (χ4n) is 9.29. The van der Waals surface area contributed by atoms with Crippen LogP contribution in [-0.4, -0.2) is 43.2 Å². The Kier molecular flexibility index (Phi) is 6.40. The molecule has 7 atom stereocenters. The monoisotopic (exact) mass is 528 g/mol. The Balaban J connectivity index is 2.03. The molecule has 0 N–H and O–H groups in total. The highest BCUT2D eigenvalue weighted by molar-refractivity contribution is 6.11. The van der Waals surface area contributed by atoms with Crippen LogP contribution in [0.1, 0.15) is 81.1 Å². The van der Waals surface area contributed by atoms with E-state index in [1.54, 1.807) is 13.8 Å². The molecule has 0 aromatic heterocycles. The molecule has 0 saturated heterocycles. The number of ether oxygens (including phenoxy) is 3. The molecule has 0 radical (unpaired) electrons. The van der Waals surface area contributed by atoms with Gasteiger partial charge in [-0.05, 0) is 63.7 Å². The second-order valence-corrected chi connectivity index (χ2v) is 12.8. The van der Waals surface area contributed by atoms with E-state index in [0.717, 1.165) is 6.29 Å². The third-order valence-corrected chi connectivity index (χ3v) is 11.0. The van der Waals surface area contributed by atoms with Gasteiger partial charge in [0.2, 0.25) is 0 Å². The Hall–Kier alpha value is -2.77. The zero-order valence-electron chi connectivity index (χ0n) is 24.0. The lowest BCUT2D eigenvalue weighted by Gasteiger charge is -2.68. The number of allylic oxidation sites excluding steroid dienone is 3. The van der Waals surface area contributed by atoms with Crippen molar-refractivity contribution in [3.8, 4) is 0 Å².